The van der Waals surface area contributed by atoms with Gasteiger partial charge in [-0.2, -0.15) is 0 Å². The molecular weight excluding hydrogens is 360 g/mol. The molecule has 152 valence electrons. The van der Waals surface area contributed by atoms with E-state index in [4.69, 9.17) is 0 Å². The number of hydrogen-bond donors (Lipinski definition) is 0. The summed E-state index contributed by atoms with van der Waals surface area (Å²) in [5.41, 5.74) is 11.1. The zero-order valence-electron chi connectivity index (χ0n) is 17.7. The van der Waals surface area contributed by atoms with E-state index in [0.717, 1.165) is 0 Å². The van der Waals surface area contributed by atoms with Crippen LogP contribution >= 0.6 is 0 Å². The summed E-state index contributed by atoms with van der Waals surface area (Å²) in [6.07, 6.45) is 0. The second-order valence-corrected chi connectivity index (χ2v) is 8.45. The molecule has 0 aromatic heterocycles. The van der Waals surface area contributed by atoms with Crippen LogP contribution in [0.1, 0.15) is 43.5 Å². The molecule has 30 heavy (non-hydrogen) atoms. The van der Waals surface area contributed by atoms with Gasteiger partial charge in [-0.05, 0) is 47.2 Å². The second-order valence-electron chi connectivity index (χ2n) is 8.45. The Morgan fingerprint density at radius 2 is 1.03 bits per heavy atom. The van der Waals surface area contributed by atoms with Crippen molar-refractivity contribution in [3.05, 3.63) is 119 Å². The molecule has 0 amide bonds. The Morgan fingerprint density at radius 1 is 0.500 bits per heavy atom. The summed E-state index contributed by atoms with van der Waals surface area (Å²) in [6, 6.07) is 34.6. The predicted molar refractivity (Wildman–Crippen MR) is 132 cm³/mol. The van der Waals surface area contributed by atoms with Crippen LogP contribution in [0.15, 0.2) is 97.1 Å². The maximum atomic E-state index is 2.33. The lowest BCUT2D eigenvalue weighted by Gasteiger charge is -2.21. The lowest BCUT2D eigenvalue weighted by atomic mass is 9.82. The van der Waals surface area contributed by atoms with Gasteiger partial charge in [-0.1, -0.05) is 129 Å². The lowest BCUT2D eigenvalue weighted by Crippen LogP contribution is -2.14. The summed E-state index contributed by atoms with van der Waals surface area (Å²) in [6.45, 7) is 8.91. The average molecular weight is 393 g/mol. The fourth-order valence-electron chi connectivity index (χ4n) is 4.19. The standard InChI is InChI=1S/C16H16.C13H12.CH4/c1-11-8-9-13-12-6-4-5-7-14(12)16(2,3)15(13)10-11;1-11-7-9-13(10-8-11)12-5-3-2-4-6-12;/h4-10H,1-3H3;2-10H,1H3;1H4. The molecule has 0 unspecified atom stereocenters. The summed E-state index contributed by atoms with van der Waals surface area (Å²) < 4.78 is 0. The van der Waals surface area contributed by atoms with Crippen molar-refractivity contribution in [3.8, 4) is 22.3 Å². The quantitative estimate of drug-likeness (QED) is 0.304. The highest BCUT2D eigenvalue weighted by Gasteiger charge is 2.34. The van der Waals surface area contributed by atoms with Gasteiger partial charge in [0.15, 0.2) is 0 Å². The minimum atomic E-state index is 0. The zero-order chi connectivity index (χ0) is 20.4. The number of benzene rings is 4. The fourth-order valence-corrected chi connectivity index (χ4v) is 4.19. The zero-order valence-corrected chi connectivity index (χ0v) is 17.7. The Labute approximate surface area is 182 Å². The Morgan fingerprint density at radius 3 is 1.73 bits per heavy atom. The molecule has 0 fully saturated rings. The van der Waals surface area contributed by atoms with Gasteiger partial charge >= 0.3 is 0 Å². The van der Waals surface area contributed by atoms with Gasteiger partial charge in [-0.3, -0.25) is 0 Å². The lowest BCUT2D eigenvalue weighted by molar-refractivity contribution is 0.660. The first-order chi connectivity index (χ1) is 14.0. The van der Waals surface area contributed by atoms with E-state index in [1.165, 1.54) is 44.5 Å². The molecule has 0 nitrogen and oxygen atoms in total. The molecule has 1 aliphatic rings. The number of fused-ring (bicyclic) bond motifs is 3. The topological polar surface area (TPSA) is 0 Å². The molecule has 0 bridgehead atoms. The molecule has 0 saturated carbocycles. The van der Waals surface area contributed by atoms with E-state index in [2.05, 4.69) is 119 Å². The van der Waals surface area contributed by atoms with Crippen molar-refractivity contribution in [2.24, 2.45) is 0 Å². The van der Waals surface area contributed by atoms with Crippen molar-refractivity contribution < 1.29 is 0 Å². The third-order valence-corrected chi connectivity index (χ3v) is 5.90. The third-order valence-electron chi connectivity index (χ3n) is 5.90. The summed E-state index contributed by atoms with van der Waals surface area (Å²) in [4.78, 5) is 0. The monoisotopic (exact) mass is 392 g/mol. The maximum Gasteiger partial charge on any atom is 0.0158 e. The van der Waals surface area contributed by atoms with Crippen molar-refractivity contribution >= 4 is 0 Å². The largest absolute Gasteiger partial charge is 0.0776 e. The van der Waals surface area contributed by atoms with Gasteiger partial charge in [-0.25, -0.2) is 0 Å². The van der Waals surface area contributed by atoms with Gasteiger partial charge < -0.3 is 0 Å². The fraction of sp³-hybridized carbons (Fsp3) is 0.200. The molecule has 0 saturated heterocycles. The van der Waals surface area contributed by atoms with Crippen molar-refractivity contribution in [1.29, 1.82) is 0 Å². The van der Waals surface area contributed by atoms with E-state index >= 15 is 0 Å². The predicted octanol–water partition coefficient (Wildman–Crippen LogP) is 8.60. The van der Waals surface area contributed by atoms with Crippen molar-refractivity contribution in [3.63, 3.8) is 0 Å². The van der Waals surface area contributed by atoms with Crippen LogP contribution in [-0.2, 0) is 5.41 Å². The second kappa shape index (κ2) is 8.71. The molecule has 0 radical (unpaired) electrons. The molecule has 0 spiro atoms. The first-order valence-electron chi connectivity index (χ1n) is 10.3. The highest BCUT2D eigenvalue weighted by molar-refractivity contribution is 5.80. The highest BCUT2D eigenvalue weighted by atomic mass is 14.4. The summed E-state index contributed by atoms with van der Waals surface area (Å²) in [7, 11) is 0. The van der Waals surface area contributed by atoms with E-state index in [1.807, 2.05) is 6.07 Å². The molecular formula is C30H32. The number of rotatable bonds is 1. The van der Waals surface area contributed by atoms with Crippen LogP contribution in [0.25, 0.3) is 22.3 Å². The van der Waals surface area contributed by atoms with Gasteiger partial charge in [0, 0.05) is 5.41 Å². The molecule has 0 heterocycles. The molecule has 0 N–H and O–H groups in total. The van der Waals surface area contributed by atoms with Crippen LogP contribution in [0.5, 0.6) is 0 Å². The summed E-state index contributed by atoms with van der Waals surface area (Å²) in [5.74, 6) is 0. The molecule has 4 aromatic rings. The minimum absolute atomic E-state index is 0. The van der Waals surface area contributed by atoms with E-state index in [0.29, 0.717) is 0 Å². The van der Waals surface area contributed by atoms with Crippen LogP contribution in [0.2, 0.25) is 0 Å². The Hall–Kier alpha value is -3.12. The van der Waals surface area contributed by atoms with E-state index in [9.17, 15) is 0 Å². The van der Waals surface area contributed by atoms with Gasteiger partial charge in [0.2, 0.25) is 0 Å². The van der Waals surface area contributed by atoms with Gasteiger partial charge in [0.05, 0.1) is 0 Å². The molecule has 5 rings (SSSR count). The van der Waals surface area contributed by atoms with Crippen molar-refractivity contribution in [2.75, 3.05) is 0 Å². The number of hydrogen-bond acceptors (Lipinski definition) is 0. The Balaban J connectivity index is 0.000000169. The normalized spacial score (nSPS) is 12.7. The SMILES string of the molecule is C.Cc1ccc(-c2ccccc2)cc1.Cc1ccc2c(c1)C(C)(C)c1ccccc1-2. The van der Waals surface area contributed by atoms with Crippen LogP contribution in [0.3, 0.4) is 0 Å². The van der Waals surface area contributed by atoms with Gasteiger partial charge in [0.1, 0.15) is 0 Å². The van der Waals surface area contributed by atoms with Crippen molar-refractivity contribution in [2.45, 2.75) is 40.5 Å². The van der Waals surface area contributed by atoms with E-state index in [-0.39, 0.29) is 12.8 Å². The van der Waals surface area contributed by atoms with Crippen LogP contribution < -0.4 is 0 Å². The van der Waals surface area contributed by atoms with E-state index in [1.54, 1.807) is 0 Å². The molecule has 0 aliphatic heterocycles. The van der Waals surface area contributed by atoms with Gasteiger partial charge in [0.25, 0.3) is 0 Å². The minimum Gasteiger partial charge on any atom is -0.0776 e. The number of aryl methyl sites for hydroxylation is 2. The highest BCUT2D eigenvalue weighted by Crippen LogP contribution is 2.48. The van der Waals surface area contributed by atoms with Crippen LogP contribution in [0.4, 0.5) is 0 Å². The Kier molecular flexibility index (Phi) is 6.27. The van der Waals surface area contributed by atoms with Crippen molar-refractivity contribution in [1.82, 2.24) is 0 Å². The summed E-state index contributed by atoms with van der Waals surface area (Å²) >= 11 is 0. The third kappa shape index (κ3) is 4.09. The molecule has 0 atom stereocenters. The van der Waals surface area contributed by atoms with Crippen LogP contribution in [-0.4, -0.2) is 0 Å². The average Bonchev–Trinajstić information content (AvgIpc) is 2.97. The molecule has 0 heteroatoms. The smallest absolute Gasteiger partial charge is 0.0158 e. The Bertz CT molecular complexity index is 1120. The molecule has 1 aliphatic carbocycles. The molecule has 4 aromatic carbocycles. The first-order valence-corrected chi connectivity index (χ1v) is 10.3. The van der Waals surface area contributed by atoms with Gasteiger partial charge in [-0.15, -0.1) is 0 Å². The van der Waals surface area contributed by atoms with E-state index < -0.39 is 0 Å². The first kappa shape index (κ1) is 21.6. The summed E-state index contributed by atoms with van der Waals surface area (Å²) in [5, 5.41) is 0. The maximum absolute atomic E-state index is 2.33. The van der Waals surface area contributed by atoms with Crippen LogP contribution in [0, 0.1) is 13.8 Å².